The van der Waals surface area contributed by atoms with E-state index in [9.17, 15) is 9.18 Å². The van der Waals surface area contributed by atoms with Gasteiger partial charge in [0.2, 0.25) is 0 Å². The number of carbonyl (C=O) groups excluding carboxylic acids is 1. The van der Waals surface area contributed by atoms with Crippen LogP contribution in [0.3, 0.4) is 0 Å². The van der Waals surface area contributed by atoms with E-state index in [1.54, 1.807) is 18.3 Å². The molecule has 2 aromatic rings. The molecule has 1 aromatic heterocycles. The number of amides is 1. The number of benzene rings is 1. The number of rotatable bonds is 5. The van der Waals surface area contributed by atoms with E-state index in [0.717, 1.165) is 5.56 Å². The smallest absolute Gasteiger partial charge is 0.254 e. The standard InChI is InChI=1S/C15H17FN4O/c1-10-8-11(17)9-20-14(10)18-6-7-19-15(21)12-4-2-3-5-13(12)16/h2-5,8-9H,6-7,17H2,1H3,(H,18,20)(H,19,21). The number of halogens is 1. The first kappa shape index (κ1) is 14.8. The Morgan fingerprint density at radius 1 is 1.33 bits per heavy atom. The molecular formula is C15H17FN4O. The summed E-state index contributed by atoms with van der Waals surface area (Å²) >= 11 is 0. The molecule has 0 saturated heterocycles. The van der Waals surface area contributed by atoms with Gasteiger partial charge in [0.05, 0.1) is 17.4 Å². The number of hydrogen-bond acceptors (Lipinski definition) is 4. The van der Waals surface area contributed by atoms with Gasteiger partial charge < -0.3 is 16.4 Å². The van der Waals surface area contributed by atoms with Gasteiger partial charge in [0.25, 0.3) is 5.91 Å². The van der Waals surface area contributed by atoms with Gasteiger partial charge in [-0.05, 0) is 30.7 Å². The second-order valence-electron chi connectivity index (χ2n) is 4.60. The number of nitrogens with one attached hydrogen (secondary N) is 2. The largest absolute Gasteiger partial charge is 0.397 e. The Morgan fingerprint density at radius 2 is 2.10 bits per heavy atom. The molecule has 21 heavy (non-hydrogen) atoms. The van der Waals surface area contributed by atoms with Crippen LogP contribution in [0.2, 0.25) is 0 Å². The molecule has 0 aliphatic rings. The van der Waals surface area contributed by atoms with Gasteiger partial charge in [0.15, 0.2) is 0 Å². The third-order valence-corrected chi connectivity index (χ3v) is 2.92. The van der Waals surface area contributed by atoms with E-state index in [1.165, 1.54) is 12.1 Å². The third-order valence-electron chi connectivity index (χ3n) is 2.92. The lowest BCUT2D eigenvalue weighted by Gasteiger charge is -2.10. The highest BCUT2D eigenvalue weighted by Crippen LogP contribution is 2.13. The fourth-order valence-corrected chi connectivity index (χ4v) is 1.88. The number of nitrogens with two attached hydrogens (primary N) is 1. The molecule has 2 rings (SSSR count). The summed E-state index contributed by atoms with van der Waals surface area (Å²) < 4.78 is 13.4. The molecule has 0 spiro atoms. The maximum absolute atomic E-state index is 13.4. The van der Waals surface area contributed by atoms with Gasteiger partial charge in [-0.3, -0.25) is 4.79 Å². The van der Waals surface area contributed by atoms with Gasteiger partial charge in [0, 0.05) is 13.1 Å². The molecule has 0 radical (unpaired) electrons. The summed E-state index contributed by atoms with van der Waals surface area (Å²) in [5, 5.41) is 5.73. The van der Waals surface area contributed by atoms with Gasteiger partial charge in [0.1, 0.15) is 11.6 Å². The predicted octanol–water partition coefficient (Wildman–Crippen LogP) is 1.95. The van der Waals surface area contributed by atoms with Crippen molar-refractivity contribution in [2.45, 2.75) is 6.92 Å². The maximum atomic E-state index is 13.4. The molecule has 1 aromatic carbocycles. The molecule has 0 bridgehead atoms. The molecular weight excluding hydrogens is 271 g/mol. The number of hydrogen-bond donors (Lipinski definition) is 3. The second-order valence-corrected chi connectivity index (χ2v) is 4.60. The molecule has 0 aliphatic carbocycles. The molecule has 5 nitrogen and oxygen atoms in total. The molecule has 0 aliphatic heterocycles. The predicted molar refractivity (Wildman–Crippen MR) is 80.6 cm³/mol. The van der Waals surface area contributed by atoms with Crippen LogP contribution in [0.5, 0.6) is 0 Å². The Bertz CT molecular complexity index is 645. The Morgan fingerprint density at radius 3 is 2.81 bits per heavy atom. The number of aromatic nitrogens is 1. The Labute approximate surface area is 122 Å². The molecule has 1 heterocycles. The summed E-state index contributed by atoms with van der Waals surface area (Å²) in [6.45, 7) is 2.74. The van der Waals surface area contributed by atoms with E-state index in [4.69, 9.17) is 5.73 Å². The second kappa shape index (κ2) is 6.69. The van der Waals surface area contributed by atoms with Gasteiger partial charge >= 0.3 is 0 Å². The van der Waals surface area contributed by atoms with Crippen molar-refractivity contribution in [1.82, 2.24) is 10.3 Å². The fraction of sp³-hybridized carbons (Fsp3) is 0.200. The number of aryl methyl sites for hydroxylation is 1. The highest BCUT2D eigenvalue weighted by atomic mass is 19.1. The van der Waals surface area contributed by atoms with E-state index >= 15 is 0 Å². The van der Waals surface area contributed by atoms with Crippen molar-refractivity contribution in [1.29, 1.82) is 0 Å². The van der Waals surface area contributed by atoms with E-state index < -0.39 is 11.7 Å². The van der Waals surface area contributed by atoms with E-state index in [0.29, 0.717) is 24.6 Å². The topological polar surface area (TPSA) is 80.0 Å². The number of nitrogens with zero attached hydrogens (tertiary/aromatic N) is 1. The van der Waals surface area contributed by atoms with Crippen LogP contribution >= 0.6 is 0 Å². The molecule has 0 saturated carbocycles. The van der Waals surface area contributed by atoms with Crippen LogP contribution in [0.1, 0.15) is 15.9 Å². The van der Waals surface area contributed by atoms with Crippen LogP contribution in [0, 0.1) is 12.7 Å². The van der Waals surface area contributed by atoms with Gasteiger partial charge in [-0.1, -0.05) is 12.1 Å². The molecule has 110 valence electrons. The Kier molecular flexibility index (Phi) is 4.71. The number of pyridine rings is 1. The normalized spacial score (nSPS) is 10.2. The zero-order chi connectivity index (χ0) is 15.2. The Hall–Kier alpha value is -2.63. The maximum Gasteiger partial charge on any atom is 0.254 e. The summed E-state index contributed by atoms with van der Waals surface area (Å²) in [7, 11) is 0. The SMILES string of the molecule is Cc1cc(N)cnc1NCCNC(=O)c1ccccc1F. The summed E-state index contributed by atoms with van der Waals surface area (Å²) in [5.74, 6) is -0.250. The van der Waals surface area contributed by atoms with Crippen LogP contribution in [0.25, 0.3) is 0 Å². The van der Waals surface area contributed by atoms with Gasteiger partial charge in [-0.15, -0.1) is 0 Å². The zero-order valence-electron chi connectivity index (χ0n) is 11.7. The molecule has 0 atom stereocenters. The van der Waals surface area contributed by atoms with Gasteiger partial charge in [-0.2, -0.15) is 0 Å². The van der Waals surface area contributed by atoms with Crippen molar-refractivity contribution >= 4 is 17.4 Å². The van der Waals surface area contributed by atoms with Crippen molar-refractivity contribution in [2.75, 3.05) is 24.1 Å². The first-order chi connectivity index (χ1) is 10.1. The minimum absolute atomic E-state index is 0.0410. The fourth-order valence-electron chi connectivity index (χ4n) is 1.88. The average molecular weight is 288 g/mol. The van der Waals surface area contributed by atoms with Crippen LogP contribution in [-0.4, -0.2) is 24.0 Å². The minimum atomic E-state index is -0.529. The third kappa shape index (κ3) is 3.92. The van der Waals surface area contributed by atoms with Crippen molar-refractivity contribution in [3.63, 3.8) is 0 Å². The highest BCUT2D eigenvalue weighted by Gasteiger charge is 2.09. The van der Waals surface area contributed by atoms with Crippen molar-refractivity contribution in [2.24, 2.45) is 0 Å². The Balaban J connectivity index is 1.82. The minimum Gasteiger partial charge on any atom is -0.397 e. The summed E-state index contributed by atoms with van der Waals surface area (Å²) in [5.41, 5.74) is 7.19. The summed E-state index contributed by atoms with van der Waals surface area (Å²) in [4.78, 5) is 15.9. The van der Waals surface area contributed by atoms with Crippen molar-refractivity contribution in [3.8, 4) is 0 Å². The number of anilines is 2. The van der Waals surface area contributed by atoms with Crippen molar-refractivity contribution < 1.29 is 9.18 Å². The van der Waals surface area contributed by atoms with Crippen LogP contribution in [0.4, 0.5) is 15.9 Å². The first-order valence-electron chi connectivity index (χ1n) is 6.56. The quantitative estimate of drug-likeness (QED) is 0.735. The van der Waals surface area contributed by atoms with Crippen LogP contribution in [-0.2, 0) is 0 Å². The van der Waals surface area contributed by atoms with Gasteiger partial charge in [-0.25, -0.2) is 9.37 Å². The van der Waals surface area contributed by atoms with Crippen LogP contribution in [0.15, 0.2) is 36.5 Å². The van der Waals surface area contributed by atoms with E-state index in [2.05, 4.69) is 15.6 Å². The lowest BCUT2D eigenvalue weighted by atomic mass is 10.2. The molecule has 0 fully saturated rings. The molecule has 6 heteroatoms. The summed E-state index contributed by atoms with van der Waals surface area (Å²) in [6.07, 6.45) is 1.56. The lowest BCUT2D eigenvalue weighted by Crippen LogP contribution is -2.29. The monoisotopic (exact) mass is 288 g/mol. The van der Waals surface area contributed by atoms with Crippen LogP contribution < -0.4 is 16.4 Å². The van der Waals surface area contributed by atoms with E-state index in [1.807, 2.05) is 13.0 Å². The zero-order valence-corrected chi connectivity index (χ0v) is 11.7. The molecule has 0 unspecified atom stereocenters. The molecule has 1 amide bonds. The molecule has 4 N–H and O–H groups in total. The highest BCUT2D eigenvalue weighted by molar-refractivity contribution is 5.94. The lowest BCUT2D eigenvalue weighted by molar-refractivity contribution is 0.0951. The number of carbonyl (C=O) groups is 1. The first-order valence-corrected chi connectivity index (χ1v) is 6.56. The van der Waals surface area contributed by atoms with Crippen molar-refractivity contribution in [3.05, 3.63) is 53.5 Å². The number of nitrogen functional groups attached to an aromatic ring is 1. The van der Waals surface area contributed by atoms with E-state index in [-0.39, 0.29) is 5.56 Å². The average Bonchev–Trinajstić information content (AvgIpc) is 2.45. The summed E-state index contributed by atoms with van der Waals surface area (Å²) in [6, 6.07) is 7.69.